The van der Waals surface area contributed by atoms with E-state index in [-0.39, 0.29) is 5.56 Å². The van der Waals surface area contributed by atoms with Gasteiger partial charge in [0.2, 0.25) is 5.95 Å². The van der Waals surface area contributed by atoms with Crippen LogP contribution in [0.4, 0.5) is 5.95 Å². The van der Waals surface area contributed by atoms with Crippen molar-refractivity contribution in [3.05, 3.63) is 65.3 Å². The van der Waals surface area contributed by atoms with Crippen LogP contribution in [0.2, 0.25) is 0 Å². The molecular formula is C23H23N5O2. The van der Waals surface area contributed by atoms with Crippen LogP contribution in [0, 0.1) is 0 Å². The third-order valence-electron chi connectivity index (χ3n) is 5.60. The van der Waals surface area contributed by atoms with E-state index in [1.807, 2.05) is 42.6 Å². The zero-order valence-electron chi connectivity index (χ0n) is 16.8. The van der Waals surface area contributed by atoms with Gasteiger partial charge in [-0.1, -0.05) is 12.1 Å². The molecule has 4 heterocycles. The van der Waals surface area contributed by atoms with Gasteiger partial charge in [-0.05, 0) is 48.1 Å². The molecule has 1 aromatic carbocycles. The van der Waals surface area contributed by atoms with Crippen molar-refractivity contribution in [1.82, 2.24) is 19.5 Å². The van der Waals surface area contributed by atoms with Gasteiger partial charge >= 0.3 is 0 Å². The topological polar surface area (TPSA) is 84.8 Å². The fourth-order valence-corrected chi connectivity index (χ4v) is 3.93. The number of benzene rings is 1. The van der Waals surface area contributed by atoms with Crippen LogP contribution < -0.4 is 10.9 Å². The number of aromatic nitrogens is 4. The quantitative estimate of drug-likeness (QED) is 0.546. The normalized spacial score (nSPS) is 14.8. The van der Waals surface area contributed by atoms with E-state index in [4.69, 9.17) is 9.72 Å². The monoisotopic (exact) mass is 401 g/mol. The summed E-state index contributed by atoms with van der Waals surface area (Å²) in [5, 5.41) is 4.52. The third kappa shape index (κ3) is 3.48. The van der Waals surface area contributed by atoms with Crippen LogP contribution in [0.3, 0.4) is 0 Å². The van der Waals surface area contributed by atoms with Crippen molar-refractivity contribution in [3.8, 4) is 22.4 Å². The maximum atomic E-state index is 13.1. The van der Waals surface area contributed by atoms with Gasteiger partial charge in [-0.2, -0.15) is 0 Å². The molecule has 1 saturated heterocycles. The number of hydrogen-bond donors (Lipinski definition) is 2. The lowest BCUT2D eigenvalue weighted by molar-refractivity contribution is 0.0903. The number of anilines is 1. The Balaban J connectivity index is 1.58. The van der Waals surface area contributed by atoms with Crippen LogP contribution in [0.5, 0.6) is 0 Å². The lowest BCUT2D eigenvalue weighted by Gasteiger charge is -2.23. The molecule has 7 heteroatoms. The highest BCUT2D eigenvalue weighted by Gasteiger charge is 2.17. The number of aryl methyl sites for hydroxylation is 1. The molecule has 2 N–H and O–H groups in total. The van der Waals surface area contributed by atoms with Crippen molar-refractivity contribution in [2.75, 3.05) is 18.5 Å². The van der Waals surface area contributed by atoms with Crippen LogP contribution >= 0.6 is 0 Å². The van der Waals surface area contributed by atoms with E-state index in [1.54, 1.807) is 24.0 Å². The number of nitrogens with zero attached hydrogens (tertiary/aromatic N) is 3. The highest BCUT2D eigenvalue weighted by molar-refractivity contribution is 5.88. The Kier molecular flexibility index (Phi) is 4.80. The van der Waals surface area contributed by atoms with Crippen molar-refractivity contribution in [3.63, 3.8) is 0 Å². The van der Waals surface area contributed by atoms with Gasteiger partial charge < -0.3 is 19.6 Å². The second kappa shape index (κ2) is 7.76. The summed E-state index contributed by atoms with van der Waals surface area (Å²) in [5.41, 5.74) is 3.94. The first-order valence-corrected chi connectivity index (χ1v) is 10.1. The van der Waals surface area contributed by atoms with Crippen molar-refractivity contribution >= 4 is 16.9 Å². The van der Waals surface area contributed by atoms with Gasteiger partial charge in [-0.15, -0.1) is 0 Å². The number of ether oxygens (including phenoxy) is 1. The summed E-state index contributed by atoms with van der Waals surface area (Å²) >= 11 is 0. The Labute approximate surface area is 173 Å². The molecule has 5 rings (SSSR count). The molecule has 1 aliphatic heterocycles. The third-order valence-corrected chi connectivity index (χ3v) is 5.60. The molecule has 0 amide bonds. The highest BCUT2D eigenvalue weighted by Crippen LogP contribution is 2.30. The predicted octanol–water partition coefficient (Wildman–Crippen LogP) is 3.58. The Morgan fingerprint density at radius 2 is 2.03 bits per heavy atom. The zero-order valence-corrected chi connectivity index (χ0v) is 16.8. The SMILES string of the molecule is Cn1ccc(-c2ccnc(NC3CCOCC3)n2)c(-c2ccc3cc[nH]c3c2)c1=O. The van der Waals surface area contributed by atoms with Crippen molar-refractivity contribution in [2.45, 2.75) is 18.9 Å². The molecule has 1 fully saturated rings. The van der Waals surface area contributed by atoms with Crippen molar-refractivity contribution in [2.24, 2.45) is 7.05 Å². The maximum absolute atomic E-state index is 13.1. The standard InChI is InChI=1S/C23H23N5O2/c1-28-11-6-18(19-5-10-25-23(27-19)26-17-7-12-30-13-8-17)21(22(28)29)16-3-2-15-4-9-24-20(15)14-16/h2-6,9-11,14,17,24H,7-8,12-13H2,1H3,(H,25,26,27). The Hall–Kier alpha value is -3.45. The van der Waals surface area contributed by atoms with E-state index in [2.05, 4.69) is 15.3 Å². The summed E-state index contributed by atoms with van der Waals surface area (Å²) in [7, 11) is 1.76. The lowest BCUT2D eigenvalue weighted by atomic mass is 9.98. The second-order valence-corrected chi connectivity index (χ2v) is 7.60. The van der Waals surface area contributed by atoms with E-state index in [1.165, 1.54) is 0 Å². The van der Waals surface area contributed by atoms with E-state index in [0.29, 0.717) is 17.6 Å². The number of H-pyrrole nitrogens is 1. The molecule has 0 unspecified atom stereocenters. The average molecular weight is 401 g/mol. The van der Waals surface area contributed by atoms with Crippen LogP contribution in [0.1, 0.15) is 12.8 Å². The minimum absolute atomic E-state index is 0.0593. The Bertz CT molecular complexity index is 1250. The lowest BCUT2D eigenvalue weighted by Crippen LogP contribution is -2.28. The molecule has 3 aromatic heterocycles. The largest absolute Gasteiger partial charge is 0.381 e. The molecule has 0 spiro atoms. The molecule has 0 aliphatic carbocycles. The molecule has 30 heavy (non-hydrogen) atoms. The molecule has 0 saturated carbocycles. The van der Waals surface area contributed by atoms with E-state index in [0.717, 1.165) is 53.8 Å². The predicted molar refractivity (Wildman–Crippen MR) is 117 cm³/mol. The van der Waals surface area contributed by atoms with Gasteiger partial charge in [-0.25, -0.2) is 9.97 Å². The van der Waals surface area contributed by atoms with Crippen LogP contribution in [-0.2, 0) is 11.8 Å². The van der Waals surface area contributed by atoms with Crippen LogP contribution in [0.25, 0.3) is 33.3 Å². The minimum atomic E-state index is -0.0593. The minimum Gasteiger partial charge on any atom is -0.381 e. The first kappa shape index (κ1) is 18.6. The van der Waals surface area contributed by atoms with Crippen LogP contribution in [-0.4, -0.2) is 38.8 Å². The number of rotatable bonds is 4. The summed E-state index contributed by atoms with van der Waals surface area (Å²) < 4.78 is 7.02. The second-order valence-electron chi connectivity index (χ2n) is 7.60. The zero-order chi connectivity index (χ0) is 20.5. The van der Waals surface area contributed by atoms with Gasteiger partial charge in [0.15, 0.2) is 0 Å². The Morgan fingerprint density at radius 3 is 2.90 bits per heavy atom. The Morgan fingerprint density at radius 1 is 1.17 bits per heavy atom. The maximum Gasteiger partial charge on any atom is 0.258 e. The summed E-state index contributed by atoms with van der Waals surface area (Å²) in [4.78, 5) is 25.5. The smallest absolute Gasteiger partial charge is 0.258 e. The van der Waals surface area contributed by atoms with E-state index >= 15 is 0 Å². The van der Waals surface area contributed by atoms with Gasteiger partial charge in [0.05, 0.1) is 11.3 Å². The number of fused-ring (bicyclic) bond motifs is 1. The fourth-order valence-electron chi connectivity index (χ4n) is 3.93. The average Bonchev–Trinajstić information content (AvgIpc) is 3.24. The van der Waals surface area contributed by atoms with Gasteiger partial charge in [0.25, 0.3) is 5.56 Å². The molecule has 0 radical (unpaired) electrons. The molecule has 0 bridgehead atoms. The number of aromatic amines is 1. The van der Waals surface area contributed by atoms with Gasteiger partial charge in [-0.3, -0.25) is 4.79 Å². The molecule has 4 aromatic rings. The van der Waals surface area contributed by atoms with Crippen molar-refractivity contribution < 1.29 is 4.74 Å². The van der Waals surface area contributed by atoms with E-state index < -0.39 is 0 Å². The molecule has 0 atom stereocenters. The molecule has 7 nitrogen and oxygen atoms in total. The number of hydrogen-bond acceptors (Lipinski definition) is 5. The first-order valence-electron chi connectivity index (χ1n) is 10.1. The van der Waals surface area contributed by atoms with Crippen molar-refractivity contribution in [1.29, 1.82) is 0 Å². The summed E-state index contributed by atoms with van der Waals surface area (Å²) in [6.45, 7) is 1.49. The summed E-state index contributed by atoms with van der Waals surface area (Å²) in [5.74, 6) is 0.575. The van der Waals surface area contributed by atoms with E-state index in [9.17, 15) is 4.79 Å². The molecular weight excluding hydrogens is 378 g/mol. The summed E-state index contributed by atoms with van der Waals surface area (Å²) in [6.07, 6.45) is 7.28. The molecule has 152 valence electrons. The highest BCUT2D eigenvalue weighted by atomic mass is 16.5. The number of pyridine rings is 1. The fraction of sp³-hybridized carbons (Fsp3) is 0.261. The molecule has 1 aliphatic rings. The van der Waals surface area contributed by atoms with Gasteiger partial charge in [0.1, 0.15) is 0 Å². The number of nitrogens with one attached hydrogen (secondary N) is 2. The summed E-state index contributed by atoms with van der Waals surface area (Å²) in [6, 6.07) is 12.1. The van der Waals surface area contributed by atoms with Crippen LogP contribution in [0.15, 0.2) is 59.8 Å². The first-order chi connectivity index (χ1) is 14.7. The van der Waals surface area contributed by atoms with Gasteiger partial charge in [0, 0.05) is 56.0 Å².